The maximum Gasteiger partial charge on any atom is 0.143 e. The number of aromatic nitrogens is 2. The molecule has 2 aromatic carbocycles. The third kappa shape index (κ3) is 2.65. The first-order valence-electron chi connectivity index (χ1n) is 6.81. The lowest BCUT2D eigenvalue weighted by atomic mass is 10.1. The van der Waals surface area contributed by atoms with Crippen molar-refractivity contribution in [2.45, 2.75) is 19.9 Å². The van der Waals surface area contributed by atoms with E-state index in [0.717, 1.165) is 39.9 Å². The Kier molecular flexibility index (Phi) is 3.91. The fourth-order valence-electron chi connectivity index (χ4n) is 2.48. The predicted molar refractivity (Wildman–Crippen MR) is 92.6 cm³/mol. The number of rotatable bonds is 3. The Morgan fingerprint density at radius 2 is 2.05 bits per heavy atom. The fraction of sp³-hybridized carbons (Fsp3) is 0.188. The van der Waals surface area contributed by atoms with Gasteiger partial charge in [0.05, 0.1) is 11.0 Å². The normalized spacial score (nSPS) is 11.2. The van der Waals surface area contributed by atoms with Gasteiger partial charge in [-0.1, -0.05) is 34.5 Å². The molecule has 0 spiro atoms. The second kappa shape index (κ2) is 5.70. The van der Waals surface area contributed by atoms with E-state index in [0.29, 0.717) is 10.7 Å². The van der Waals surface area contributed by atoms with Crippen LogP contribution in [0, 0.1) is 0 Å². The predicted octanol–water partition coefficient (Wildman–Crippen LogP) is 5.11. The molecule has 0 fully saturated rings. The number of anilines is 1. The lowest BCUT2D eigenvalue weighted by molar-refractivity contribution is 0.704. The molecule has 3 nitrogen and oxygen atoms in total. The summed E-state index contributed by atoms with van der Waals surface area (Å²) in [5.74, 6) is 0.866. The first kappa shape index (κ1) is 14.4. The standard InChI is InChI=1S/C16H15BrClN3/c1-2-7-21-15-6-3-10(17)8-14(15)20-16(21)12-9-11(18)4-5-13(12)19/h3-6,8-9H,2,7,19H2,1H3. The molecule has 0 saturated carbocycles. The first-order valence-corrected chi connectivity index (χ1v) is 7.98. The molecule has 5 heteroatoms. The second-order valence-electron chi connectivity index (χ2n) is 4.95. The lowest BCUT2D eigenvalue weighted by Crippen LogP contribution is -2.01. The van der Waals surface area contributed by atoms with Gasteiger partial charge in [0.15, 0.2) is 0 Å². The average Bonchev–Trinajstić information content (AvgIpc) is 2.80. The summed E-state index contributed by atoms with van der Waals surface area (Å²) in [7, 11) is 0. The summed E-state index contributed by atoms with van der Waals surface area (Å²) in [5, 5.41) is 0.662. The number of benzene rings is 2. The van der Waals surface area contributed by atoms with Crippen molar-refractivity contribution in [3.05, 3.63) is 45.9 Å². The van der Waals surface area contributed by atoms with Gasteiger partial charge in [-0.25, -0.2) is 4.98 Å². The summed E-state index contributed by atoms with van der Waals surface area (Å²) in [6, 6.07) is 11.6. The molecule has 108 valence electrons. The van der Waals surface area contributed by atoms with Crippen molar-refractivity contribution in [3.8, 4) is 11.4 Å². The van der Waals surface area contributed by atoms with Crippen LogP contribution in [0.4, 0.5) is 5.69 Å². The molecule has 3 rings (SSSR count). The van der Waals surface area contributed by atoms with Gasteiger partial charge in [-0.2, -0.15) is 0 Å². The molecule has 0 aliphatic rings. The van der Waals surface area contributed by atoms with E-state index < -0.39 is 0 Å². The largest absolute Gasteiger partial charge is 0.398 e. The molecule has 0 aliphatic heterocycles. The van der Waals surface area contributed by atoms with Gasteiger partial charge >= 0.3 is 0 Å². The van der Waals surface area contributed by atoms with Gasteiger partial charge in [0.1, 0.15) is 5.82 Å². The molecule has 0 aliphatic carbocycles. The fourth-order valence-corrected chi connectivity index (χ4v) is 3.00. The molecule has 0 bridgehead atoms. The van der Waals surface area contributed by atoms with Crippen molar-refractivity contribution in [3.63, 3.8) is 0 Å². The summed E-state index contributed by atoms with van der Waals surface area (Å²) in [5.41, 5.74) is 9.74. The van der Waals surface area contributed by atoms with Crippen LogP contribution in [0.25, 0.3) is 22.4 Å². The molecule has 0 unspecified atom stereocenters. The first-order chi connectivity index (χ1) is 10.1. The van der Waals surface area contributed by atoms with E-state index in [9.17, 15) is 0 Å². The highest BCUT2D eigenvalue weighted by Crippen LogP contribution is 2.32. The van der Waals surface area contributed by atoms with Crippen LogP contribution in [0.3, 0.4) is 0 Å². The number of imidazole rings is 1. The number of aryl methyl sites for hydroxylation is 1. The van der Waals surface area contributed by atoms with Gasteiger partial charge in [0, 0.05) is 27.3 Å². The number of hydrogen-bond donors (Lipinski definition) is 1. The number of nitrogens with two attached hydrogens (primary N) is 1. The molecular formula is C16H15BrClN3. The molecule has 2 N–H and O–H groups in total. The Morgan fingerprint density at radius 3 is 2.81 bits per heavy atom. The van der Waals surface area contributed by atoms with Gasteiger partial charge in [0.2, 0.25) is 0 Å². The minimum absolute atomic E-state index is 0.662. The van der Waals surface area contributed by atoms with E-state index in [4.69, 9.17) is 22.3 Å². The average molecular weight is 365 g/mol. The number of halogens is 2. The number of hydrogen-bond acceptors (Lipinski definition) is 2. The van der Waals surface area contributed by atoms with Gasteiger partial charge in [-0.15, -0.1) is 0 Å². The van der Waals surface area contributed by atoms with Crippen LogP contribution < -0.4 is 5.73 Å². The Hall–Kier alpha value is -1.52. The van der Waals surface area contributed by atoms with E-state index in [1.165, 1.54) is 0 Å². The summed E-state index contributed by atoms with van der Waals surface area (Å²) in [4.78, 5) is 4.76. The molecule has 1 heterocycles. The van der Waals surface area contributed by atoms with Crippen molar-refractivity contribution in [1.82, 2.24) is 9.55 Å². The van der Waals surface area contributed by atoms with Gasteiger partial charge in [0.25, 0.3) is 0 Å². The quantitative estimate of drug-likeness (QED) is 0.656. The van der Waals surface area contributed by atoms with Crippen LogP contribution >= 0.6 is 27.5 Å². The van der Waals surface area contributed by atoms with E-state index in [1.54, 1.807) is 6.07 Å². The van der Waals surface area contributed by atoms with E-state index >= 15 is 0 Å². The molecule has 0 amide bonds. The highest BCUT2D eigenvalue weighted by atomic mass is 79.9. The monoisotopic (exact) mass is 363 g/mol. The summed E-state index contributed by atoms with van der Waals surface area (Å²) in [6.07, 6.45) is 1.02. The Labute approximate surface area is 136 Å². The Morgan fingerprint density at radius 1 is 1.24 bits per heavy atom. The zero-order chi connectivity index (χ0) is 15.0. The van der Waals surface area contributed by atoms with Crippen molar-refractivity contribution >= 4 is 44.3 Å². The zero-order valence-electron chi connectivity index (χ0n) is 11.6. The lowest BCUT2D eigenvalue weighted by Gasteiger charge is -2.10. The minimum Gasteiger partial charge on any atom is -0.398 e. The highest BCUT2D eigenvalue weighted by Gasteiger charge is 2.15. The van der Waals surface area contributed by atoms with E-state index in [-0.39, 0.29) is 0 Å². The summed E-state index contributed by atoms with van der Waals surface area (Å²) >= 11 is 9.61. The molecule has 0 saturated heterocycles. The zero-order valence-corrected chi connectivity index (χ0v) is 13.9. The molecule has 0 atom stereocenters. The Bertz CT molecular complexity index is 811. The third-order valence-corrected chi connectivity index (χ3v) is 4.14. The van der Waals surface area contributed by atoms with Crippen LogP contribution in [-0.4, -0.2) is 9.55 Å². The minimum atomic E-state index is 0.662. The highest BCUT2D eigenvalue weighted by molar-refractivity contribution is 9.10. The molecule has 3 aromatic rings. The van der Waals surface area contributed by atoms with Crippen LogP contribution in [0.1, 0.15) is 13.3 Å². The number of fused-ring (bicyclic) bond motifs is 1. The van der Waals surface area contributed by atoms with E-state index in [2.05, 4.69) is 33.5 Å². The maximum absolute atomic E-state index is 6.12. The second-order valence-corrected chi connectivity index (χ2v) is 6.30. The van der Waals surface area contributed by atoms with Gasteiger partial charge in [-0.3, -0.25) is 0 Å². The molecule has 0 radical (unpaired) electrons. The molecular weight excluding hydrogens is 350 g/mol. The van der Waals surface area contributed by atoms with Crippen molar-refractivity contribution in [1.29, 1.82) is 0 Å². The van der Waals surface area contributed by atoms with Gasteiger partial charge < -0.3 is 10.3 Å². The van der Waals surface area contributed by atoms with Gasteiger partial charge in [-0.05, 0) is 42.8 Å². The number of nitrogens with zero attached hydrogens (tertiary/aromatic N) is 2. The third-order valence-electron chi connectivity index (χ3n) is 3.41. The van der Waals surface area contributed by atoms with Crippen LogP contribution in [0.5, 0.6) is 0 Å². The maximum atomic E-state index is 6.12. The van der Waals surface area contributed by atoms with Crippen LogP contribution in [-0.2, 0) is 6.54 Å². The van der Waals surface area contributed by atoms with Crippen LogP contribution in [0.2, 0.25) is 5.02 Å². The number of nitrogen functional groups attached to an aromatic ring is 1. The summed E-state index contributed by atoms with van der Waals surface area (Å²) < 4.78 is 3.21. The Balaban J connectivity index is 2.30. The molecule has 21 heavy (non-hydrogen) atoms. The van der Waals surface area contributed by atoms with E-state index in [1.807, 2.05) is 24.3 Å². The van der Waals surface area contributed by atoms with Crippen molar-refractivity contribution < 1.29 is 0 Å². The van der Waals surface area contributed by atoms with Crippen LogP contribution in [0.15, 0.2) is 40.9 Å². The van der Waals surface area contributed by atoms with Crippen molar-refractivity contribution in [2.75, 3.05) is 5.73 Å². The SMILES string of the molecule is CCCn1c(-c2cc(Cl)ccc2N)nc2cc(Br)ccc21. The smallest absolute Gasteiger partial charge is 0.143 e. The topological polar surface area (TPSA) is 43.8 Å². The van der Waals surface area contributed by atoms with Crippen molar-refractivity contribution in [2.24, 2.45) is 0 Å². The summed E-state index contributed by atoms with van der Waals surface area (Å²) in [6.45, 7) is 3.04. The molecule has 1 aromatic heterocycles.